The van der Waals surface area contributed by atoms with Crippen LogP contribution >= 0.6 is 0 Å². The topological polar surface area (TPSA) is 109 Å². The number of hydrogen-bond acceptors (Lipinski definition) is 10. The molecule has 0 spiro atoms. The van der Waals surface area contributed by atoms with E-state index in [1.165, 1.54) is 36.4 Å². The molecule has 6 heterocycles. The summed E-state index contributed by atoms with van der Waals surface area (Å²) in [5.74, 6) is 2.06. The molecular formula is C40H44F6N10O2. The molecule has 0 bridgehead atoms. The number of alkyl halides is 6. The van der Waals surface area contributed by atoms with Crippen molar-refractivity contribution in [3.63, 3.8) is 0 Å². The van der Waals surface area contributed by atoms with Gasteiger partial charge < -0.3 is 29.9 Å². The predicted octanol–water partition coefficient (Wildman–Crippen LogP) is 8.10. The monoisotopic (exact) mass is 810 g/mol. The van der Waals surface area contributed by atoms with E-state index < -0.39 is 12.7 Å². The highest BCUT2D eigenvalue weighted by atomic mass is 19.4. The molecular weight excluding hydrogens is 766 g/mol. The predicted molar refractivity (Wildman–Crippen MR) is 208 cm³/mol. The van der Waals surface area contributed by atoms with Crippen molar-refractivity contribution in [1.82, 2.24) is 39.0 Å². The van der Waals surface area contributed by atoms with E-state index in [1.54, 1.807) is 33.6 Å². The Morgan fingerprint density at radius 2 is 0.983 bits per heavy atom. The summed E-state index contributed by atoms with van der Waals surface area (Å²) in [5.41, 5.74) is 3.50. The SMILES string of the molecule is CN1CCC(CNc2ccc3ncc(-c4cccc(OC(F)(F)F)c4)n3n2)CC1.CN1CCC(CNc2ccc3ncc(-c4cccc(OC(F)(F)F)c4)n3n2)CC1. The zero-order valence-electron chi connectivity index (χ0n) is 32.0. The molecule has 0 saturated carbocycles. The van der Waals surface area contributed by atoms with E-state index in [4.69, 9.17) is 0 Å². The van der Waals surface area contributed by atoms with Crippen LogP contribution in [0.5, 0.6) is 11.5 Å². The smallest absolute Gasteiger partial charge is 0.406 e. The summed E-state index contributed by atoms with van der Waals surface area (Å²) in [7, 11) is 4.27. The van der Waals surface area contributed by atoms with Crippen LogP contribution in [0.2, 0.25) is 0 Å². The first-order valence-electron chi connectivity index (χ1n) is 19.0. The van der Waals surface area contributed by atoms with Crippen LogP contribution in [-0.2, 0) is 0 Å². The molecule has 6 aromatic rings. The number of fused-ring (bicyclic) bond motifs is 2. The number of imidazole rings is 2. The molecule has 8 rings (SSSR count). The average Bonchev–Trinajstić information content (AvgIpc) is 3.81. The summed E-state index contributed by atoms with van der Waals surface area (Å²) in [6, 6.07) is 19.0. The minimum atomic E-state index is -4.73. The zero-order chi connectivity index (χ0) is 40.9. The zero-order valence-corrected chi connectivity index (χ0v) is 32.0. The molecule has 2 N–H and O–H groups in total. The largest absolute Gasteiger partial charge is 0.573 e. The first kappa shape index (κ1) is 40.6. The van der Waals surface area contributed by atoms with Crippen molar-refractivity contribution in [1.29, 1.82) is 0 Å². The Bertz CT molecular complexity index is 2120. The summed E-state index contributed by atoms with van der Waals surface area (Å²) in [6.45, 7) is 6.07. The van der Waals surface area contributed by atoms with Crippen LogP contribution < -0.4 is 20.1 Å². The highest BCUT2D eigenvalue weighted by Crippen LogP contribution is 2.30. The van der Waals surface area contributed by atoms with Gasteiger partial charge in [-0.05, 0) is 126 Å². The molecule has 0 amide bonds. The van der Waals surface area contributed by atoms with E-state index in [0.29, 0.717) is 57.3 Å². The molecule has 0 aliphatic carbocycles. The lowest BCUT2D eigenvalue weighted by molar-refractivity contribution is -0.275. The second kappa shape index (κ2) is 17.5. The van der Waals surface area contributed by atoms with Crippen molar-refractivity contribution >= 4 is 22.9 Å². The third-order valence-electron chi connectivity index (χ3n) is 10.3. The number of hydrogen-bond donors (Lipinski definition) is 2. The van der Waals surface area contributed by atoms with E-state index in [1.807, 2.05) is 24.3 Å². The molecule has 0 unspecified atom stereocenters. The Kier molecular flexibility index (Phi) is 12.2. The fraction of sp³-hybridized carbons (Fsp3) is 0.400. The van der Waals surface area contributed by atoms with Crippen LogP contribution in [0.1, 0.15) is 25.7 Å². The van der Waals surface area contributed by atoms with Crippen molar-refractivity contribution in [2.75, 3.05) is 64.0 Å². The van der Waals surface area contributed by atoms with Crippen molar-refractivity contribution in [3.05, 3.63) is 85.2 Å². The number of likely N-dealkylation sites (tertiary alicyclic amines) is 2. The third-order valence-corrected chi connectivity index (χ3v) is 10.3. The summed E-state index contributed by atoms with van der Waals surface area (Å²) in [4.78, 5) is 13.3. The van der Waals surface area contributed by atoms with Gasteiger partial charge in [0.15, 0.2) is 11.3 Å². The van der Waals surface area contributed by atoms with Gasteiger partial charge in [0, 0.05) is 24.2 Å². The molecule has 308 valence electrons. The average molecular weight is 811 g/mol. The lowest BCUT2D eigenvalue weighted by atomic mass is 9.97. The summed E-state index contributed by atoms with van der Waals surface area (Å²) >= 11 is 0. The number of aromatic nitrogens is 6. The van der Waals surface area contributed by atoms with Crippen molar-refractivity contribution in [2.24, 2.45) is 11.8 Å². The van der Waals surface area contributed by atoms with Gasteiger partial charge in [-0.2, -0.15) is 0 Å². The molecule has 58 heavy (non-hydrogen) atoms. The Balaban J connectivity index is 0.000000177. The summed E-state index contributed by atoms with van der Waals surface area (Å²) < 4.78 is 86.4. The highest BCUT2D eigenvalue weighted by Gasteiger charge is 2.32. The number of nitrogens with one attached hydrogen (secondary N) is 2. The van der Waals surface area contributed by atoms with Crippen LogP contribution in [0.25, 0.3) is 33.8 Å². The minimum Gasteiger partial charge on any atom is -0.406 e. The maximum absolute atomic E-state index is 12.5. The summed E-state index contributed by atoms with van der Waals surface area (Å²) in [5, 5.41) is 15.9. The fourth-order valence-electron chi connectivity index (χ4n) is 7.06. The molecule has 2 aromatic carbocycles. The van der Waals surface area contributed by atoms with Gasteiger partial charge >= 0.3 is 12.7 Å². The van der Waals surface area contributed by atoms with Gasteiger partial charge in [0.25, 0.3) is 0 Å². The molecule has 2 aliphatic rings. The van der Waals surface area contributed by atoms with Crippen LogP contribution in [0.4, 0.5) is 38.0 Å². The molecule has 0 atom stereocenters. The van der Waals surface area contributed by atoms with Gasteiger partial charge in [0.05, 0.1) is 23.8 Å². The number of ether oxygens (including phenoxy) is 2. The normalized spacial score (nSPS) is 16.3. The van der Waals surface area contributed by atoms with Crippen LogP contribution in [0.15, 0.2) is 85.2 Å². The standard InChI is InChI=1S/2C20H22F3N5O/c2*1-27-9-7-14(8-10-27)12-24-18-5-6-19-25-13-17(28(19)26-18)15-3-2-4-16(11-15)29-20(21,22)23/h2*2-6,11,13-14H,7-10,12H2,1H3,(H,24,26). The molecule has 18 heteroatoms. The lowest BCUT2D eigenvalue weighted by Crippen LogP contribution is -2.33. The van der Waals surface area contributed by atoms with E-state index >= 15 is 0 Å². The van der Waals surface area contributed by atoms with Crippen LogP contribution in [-0.4, -0.2) is 105 Å². The van der Waals surface area contributed by atoms with E-state index in [0.717, 1.165) is 65.0 Å². The summed E-state index contributed by atoms with van der Waals surface area (Å²) in [6.07, 6.45) is -1.70. The Morgan fingerprint density at radius 1 is 0.586 bits per heavy atom. The van der Waals surface area contributed by atoms with Crippen LogP contribution in [0.3, 0.4) is 0 Å². The number of piperidine rings is 2. The maximum Gasteiger partial charge on any atom is 0.573 e. The van der Waals surface area contributed by atoms with Crippen LogP contribution in [0, 0.1) is 11.8 Å². The maximum atomic E-state index is 12.5. The molecule has 4 aromatic heterocycles. The van der Waals surface area contributed by atoms with Gasteiger partial charge in [-0.15, -0.1) is 36.5 Å². The minimum absolute atomic E-state index is 0.276. The van der Waals surface area contributed by atoms with Gasteiger partial charge in [-0.25, -0.2) is 19.0 Å². The van der Waals surface area contributed by atoms with E-state index in [2.05, 4.69) is 64.2 Å². The van der Waals surface area contributed by atoms with Gasteiger partial charge in [0.1, 0.15) is 23.1 Å². The first-order chi connectivity index (χ1) is 27.7. The van der Waals surface area contributed by atoms with E-state index in [-0.39, 0.29) is 11.5 Å². The Labute approximate surface area is 330 Å². The Hall–Kier alpha value is -5.62. The first-order valence-corrected chi connectivity index (χ1v) is 19.0. The molecule has 2 aliphatic heterocycles. The second-order valence-corrected chi connectivity index (χ2v) is 14.7. The van der Waals surface area contributed by atoms with Gasteiger partial charge in [0.2, 0.25) is 0 Å². The third kappa shape index (κ3) is 10.9. The van der Waals surface area contributed by atoms with Crippen molar-refractivity contribution in [3.8, 4) is 34.0 Å². The van der Waals surface area contributed by atoms with Crippen molar-refractivity contribution < 1.29 is 35.8 Å². The molecule has 0 radical (unpaired) electrons. The molecule has 12 nitrogen and oxygen atoms in total. The number of rotatable bonds is 10. The highest BCUT2D eigenvalue weighted by molar-refractivity contribution is 5.66. The van der Waals surface area contributed by atoms with E-state index in [9.17, 15) is 26.3 Å². The quantitative estimate of drug-likeness (QED) is 0.132. The second-order valence-electron chi connectivity index (χ2n) is 14.7. The Morgan fingerprint density at radius 3 is 1.36 bits per heavy atom. The van der Waals surface area contributed by atoms with Gasteiger partial charge in [-0.1, -0.05) is 24.3 Å². The molecule has 2 fully saturated rings. The molecule has 2 saturated heterocycles. The lowest BCUT2D eigenvalue weighted by Gasteiger charge is -2.29. The number of benzene rings is 2. The fourth-order valence-corrected chi connectivity index (χ4v) is 7.06. The number of nitrogens with zero attached hydrogens (tertiary/aromatic N) is 8. The number of anilines is 2. The number of halogens is 6. The van der Waals surface area contributed by atoms with Gasteiger partial charge in [-0.3, -0.25) is 0 Å². The van der Waals surface area contributed by atoms with Crippen molar-refractivity contribution in [2.45, 2.75) is 38.4 Å².